The number of amides is 3. The molecular weight excluding hydrogens is 497 g/mol. The zero-order chi connectivity index (χ0) is 27.2. The first-order valence-electron chi connectivity index (χ1n) is 14.2. The van der Waals surface area contributed by atoms with Crippen molar-refractivity contribution >= 4 is 29.1 Å². The van der Waals surface area contributed by atoms with Gasteiger partial charge in [0.25, 0.3) is 11.8 Å². The molecule has 2 saturated heterocycles. The van der Waals surface area contributed by atoms with E-state index in [1.54, 1.807) is 12.1 Å². The summed E-state index contributed by atoms with van der Waals surface area (Å²) in [6.45, 7) is 5.44. The molecule has 0 atom stereocenters. The molecule has 1 aliphatic carbocycles. The van der Waals surface area contributed by atoms with Crippen molar-refractivity contribution in [2.75, 3.05) is 62.6 Å². The number of halogens is 1. The summed E-state index contributed by atoms with van der Waals surface area (Å²) in [4.78, 5) is 45.5. The highest BCUT2D eigenvalue weighted by molar-refractivity contribution is 6.07. The average Bonchev–Trinajstić information content (AvgIpc) is 3.23. The van der Waals surface area contributed by atoms with E-state index in [0.29, 0.717) is 37.4 Å². The van der Waals surface area contributed by atoms with Crippen LogP contribution < -0.4 is 15.5 Å². The Labute approximate surface area is 229 Å². The number of anilines is 2. The first kappa shape index (κ1) is 27.1. The molecule has 0 bridgehead atoms. The van der Waals surface area contributed by atoms with Gasteiger partial charge >= 0.3 is 0 Å². The van der Waals surface area contributed by atoms with E-state index in [0.717, 1.165) is 64.0 Å². The molecule has 2 aliphatic heterocycles. The Morgan fingerprint density at radius 3 is 2.36 bits per heavy atom. The Bertz CT molecular complexity index is 1190. The molecule has 0 spiro atoms. The summed E-state index contributed by atoms with van der Waals surface area (Å²) in [5, 5.41) is 6.20. The summed E-state index contributed by atoms with van der Waals surface area (Å²) < 4.78 is 13.8. The maximum Gasteiger partial charge on any atom is 0.255 e. The van der Waals surface area contributed by atoms with E-state index >= 15 is 0 Å². The van der Waals surface area contributed by atoms with Crippen LogP contribution in [-0.4, -0.2) is 79.9 Å². The molecule has 8 nitrogen and oxygen atoms in total. The van der Waals surface area contributed by atoms with E-state index in [4.69, 9.17) is 0 Å². The standard InChI is InChI=1S/C30H38FN5O3/c31-25-9-4-8-23(20-25)28(37)33-26-21-24(30(39)36-16-12-32-13-17-36)10-11-27(26)34-14-5-15-35(19-18-34)29(38)22-6-2-1-3-7-22/h4,8-11,20-22,32H,1-3,5-7,12-19H2,(H,33,37). The zero-order valence-corrected chi connectivity index (χ0v) is 22.5. The van der Waals surface area contributed by atoms with Gasteiger partial charge in [-0.2, -0.15) is 0 Å². The van der Waals surface area contributed by atoms with Gasteiger partial charge in [-0.25, -0.2) is 4.39 Å². The quantitative estimate of drug-likeness (QED) is 0.610. The van der Waals surface area contributed by atoms with Crippen molar-refractivity contribution in [3.63, 3.8) is 0 Å². The average molecular weight is 536 g/mol. The van der Waals surface area contributed by atoms with Crippen molar-refractivity contribution in [3.8, 4) is 0 Å². The predicted octanol–water partition coefficient (Wildman–Crippen LogP) is 3.74. The van der Waals surface area contributed by atoms with Crippen LogP contribution in [-0.2, 0) is 4.79 Å². The van der Waals surface area contributed by atoms with Crippen LogP contribution in [0.5, 0.6) is 0 Å². The topological polar surface area (TPSA) is 85.0 Å². The molecule has 2 aromatic rings. The van der Waals surface area contributed by atoms with Gasteiger partial charge in [-0.05, 0) is 55.7 Å². The van der Waals surface area contributed by atoms with Crippen molar-refractivity contribution in [2.45, 2.75) is 38.5 Å². The Morgan fingerprint density at radius 1 is 0.795 bits per heavy atom. The van der Waals surface area contributed by atoms with Crippen LogP contribution in [0.4, 0.5) is 15.8 Å². The summed E-state index contributed by atoms with van der Waals surface area (Å²) in [6, 6.07) is 11.0. The Balaban J connectivity index is 1.37. The third kappa shape index (κ3) is 6.58. The minimum Gasteiger partial charge on any atom is -0.368 e. The lowest BCUT2D eigenvalue weighted by molar-refractivity contribution is -0.136. The van der Waals surface area contributed by atoms with E-state index in [9.17, 15) is 18.8 Å². The van der Waals surface area contributed by atoms with E-state index in [1.807, 2.05) is 21.9 Å². The summed E-state index contributed by atoms with van der Waals surface area (Å²) in [5.74, 6) is -0.591. The fraction of sp³-hybridized carbons (Fsp3) is 0.500. The van der Waals surface area contributed by atoms with E-state index in [-0.39, 0.29) is 23.3 Å². The summed E-state index contributed by atoms with van der Waals surface area (Å²) in [7, 11) is 0. The molecule has 9 heteroatoms. The minimum absolute atomic E-state index is 0.0792. The van der Waals surface area contributed by atoms with Gasteiger partial charge in [0.2, 0.25) is 5.91 Å². The van der Waals surface area contributed by atoms with Crippen molar-refractivity contribution < 1.29 is 18.8 Å². The van der Waals surface area contributed by atoms with Gasteiger partial charge in [-0.15, -0.1) is 0 Å². The molecule has 2 N–H and O–H groups in total. The minimum atomic E-state index is -0.485. The van der Waals surface area contributed by atoms with Crippen molar-refractivity contribution in [2.24, 2.45) is 5.92 Å². The van der Waals surface area contributed by atoms with Crippen LogP contribution in [0.3, 0.4) is 0 Å². The van der Waals surface area contributed by atoms with E-state index in [1.165, 1.54) is 24.6 Å². The van der Waals surface area contributed by atoms with Crippen LogP contribution in [0.25, 0.3) is 0 Å². The SMILES string of the molecule is O=C(Nc1cc(C(=O)N2CCNCC2)ccc1N1CCCN(C(=O)C2CCCCC2)CC1)c1cccc(F)c1. The first-order valence-corrected chi connectivity index (χ1v) is 14.2. The summed E-state index contributed by atoms with van der Waals surface area (Å²) >= 11 is 0. The fourth-order valence-corrected chi connectivity index (χ4v) is 5.91. The third-order valence-electron chi connectivity index (χ3n) is 8.09. The number of benzene rings is 2. The summed E-state index contributed by atoms with van der Waals surface area (Å²) in [5.41, 5.74) is 2.01. The van der Waals surface area contributed by atoms with Gasteiger partial charge < -0.3 is 25.3 Å². The van der Waals surface area contributed by atoms with E-state index < -0.39 is 11.7 Å². The zero-order valence-electron chi connectivity index (χ0n) is 22.5. The van der Waals surface area contributed by atoms with Crippen LogP contribution in [0, 0.1) is 11.7 Å². The van der Waals surface area contributed by atoms with Gasteiger partial charge in [0.1, 0.15) is 5.82 Å². The Hall–Kier alpha value is -3.46. The van der Waals surface area contributed by atoms with Crippen molar-refractivity contribution in [1.82, 2.24) is 15.1 Å². The predicted molar refractivity (Wildman–Crippen MR) is 150 cm³/mol. The molecule has 39 heavy (non-hydrogen) atoms. The Kier molecular flexibility index (Phi) is 8.76. The second kappa shape index (κ2) is 12.6. The lowest BCUT2D eigenvalue weighted by Gasteiger charge is -2.30. The molecule has 2 heterocycles. The van der Waals surface area contributed by atoms with Gasteiger partial charge in [0.15, 0.2) is 0 Å². The monoisotopic (exact) mass is 535 g/mol. The molecule has 0 radical (unpaired) electrons. The maximum atomic E-state index is 13.8. The molecule has 208 valence electrons. The van der Waals surface area contributed by atoms with Crippen LogP contribution in [0.1, 0.15) is 59.2 Å². The number of piperazine rings is 1. The molecule has 0 aromatic heterocycles. The van der Waals surface area contributed by atoms with Gasteiger partial charge in [0.05, 0.1) is 11.4 Å². The number of hydrogen-bond donors (Lipinski definition) is 2. The molecule has 0 unspecified atom stereocenters. The van der Waals surface area contributed by atoms with Crippen molar-refractivity contribution in [3.05, 3.63) is 59.4 Å². The number of carbonyl (C=O) groups excluding carboxylic acids is 3. The van der Waals surface area contributed by atoms with Gasteiger partial charge in [-0.3, -0.25) is 14.4 Å². The largest absolute Gasteiger partial charge is 0.368 e. The van der Waals surface area contributed by atoms with E-state index in [2.05, 4.69) is 15.5 Å². The molecular formula is C30H38FN5O3. The normalized spacial score (nSPS) is 18.9. The van der Waals surface area contributed by atoms with Crippen LogP contribution >= 0.6 is 0 Å². The van der Waals surface area contributed by atoms with Gasteiger partial charge in [-0.1, -0.05) is 25.3 Å². The highest BCUT2D eigenvalue weighted by Gasteiger charge is 2.28. The lowest BCUT2D eigenvalue weighted by Crippen LogP contribution is -2.46. The Morgan fingerprint density at radius 2 is 1.59 bits per heavy atom. The summed E-state index contributed by atoms with van der Waals surface area (Å²) in [6.07, 6.45) is 6.26. The number of hydrogen-bond acceptors (Lipinski definition) is 5. The molecule has 3 fully saturated rings. The second-order valence-corrected chi connectivity index (χ2v) is 10.7. The molecule has 5 rings (SSSR count). The third-order valence-corrected chi connectivity index (χ3v) is 8.09. The fourth-order valence-electron chi connectivity index (χ4n) is 5.91. The number of rotatable bonds is 5. The highest BCUT2D eigenvalue weighted by Crippen LogP contribution is 2.31. The van der Waals surface area contributed by atoms with Crippen LogP contribution in [0.2, 0.25) is 0 Å². The van der Waals surface area contributed by atoms with Crippen molar-refractivity contribution in [1.29, 1.82) is 0 Å². The number of carbonyl (C=O) groups is 3. The number of nitrogens with one attached hydrogen (secondary N) is 2. The molecule has 2 aromatic carbocycles. The molecule has 3 amide bonds. The highest BCUT2D eigenvalue weighted by atomic mass is 19.1. The second-order valence-electron chi connectivity index (χ2n) is 10.7. The number of nitrogens with zero attached hydrogens (tertiary/aromatic N) is 3. The van der Waals surface area contributed by atoms with Gasteiger partial charge in [0, 0.05) is 69.4 Å². The maximum absolute atomic E-state index is 13.8. The molecule has 1 saturated carbocycles. The van der Waals surface area contributed by atoms with Crippen LogP contribution in [0.15, 0.2) is 42.5 Å². The molecule has 3 aliphatic rings. The first-order chi connectivity index (χ1) is 19.0. The smallest absolute Gasteiger partial charge is 0.255 e. The lowest BCUT2D eigenvalue weighted by atomic mass is 9.88.